The zero-order valence-corrected chi connectivity index (χ0v) is 9.70. The SMILES string of the molecule is NCC1OB(O)c2ccccc21.[Re]. The molecule has 69 valence electrons. The molecule has 1 heterocycles. The largest absolute Gasteiger partial charge is 0.492 e. The summed E-state index contributed by atoms with van der Waals surface area (Å²) >= 11 is 0. The molecule has 3 N–H and O–H groups in total. The first-order valence-electron chi connectivity index (χ1n) is 3.95. The normalized spacial score (nSPS) is 19.5. The number of hydrogen-bond donors (Lipinski definition) is 2. The smallest absolute Gasteiger partial charge is 0.423 e. The minimum atomic E-state index is -0.797. The van der Waals surface area contributed by atoms with Crippen LogP contribution in [0.15, 0.2) is 24.3 Å². The predicted octanol–water partition coefficient (Wildman–Crippen LogP) is -0.598. The van der Waals surface area contributed by atoms with E-state index < -0.39 is 7.12 Å². The van der Waals surface area contributed by atoms with Crippen LogP contribution in [0.2, 0.25) is 0 Å². The fraction of sp³-hybridized carbons (Fsp3) is 0.250. The molecule has 0 aliphatic carbocycles. The van der Waals surface area contributed by atoms with Crippen LogP contribution in [0.5, 0.6) is 0 Å². The van der Waals surface area contributed by atoms with Crippen molar-refractivity contribution < 1.29 is 30.1 Å². The number of nitrogens with two attached hydrogens (primary N) is 1. The Hall–Kier alpha value is -0.173. The van der Waals surface area contributed by atoms with Crippen molar-refractivity contribution >= 4 is 12.6 Å². The third kappa shape index (κ3) is 1.85. The molecule has 5 heteroatoms. The van der Waals surface area contributed by atoms with Gasteiger partial charge in [-0.3, -0.25) is 0 Å². The van der Waals surface area contributed by atoms with E-state index in [0.29, 0.717) is 6.54 Å². The van der Waals surface area contributed by atoms with E-state index in [4.69, 9.17) is 10.4 Å². The van der Waals surface area contributed by atoms with Crippen LogP contribution < -0.4 is 11.2 Å². The molecule has 1 aliphatic heterocycles. The summed E-state index contributed by atoms with van der Waals surface area (Å²) < 4.78 is 5.21. The van der Waals surface area contributed by atoms with Gasteiger partial charge in [0.1, 0.15) is 0 Å². The minimum Gasteiger partial charge on any atom is -0.423 e. The molecule has 0 bridgehead atoms. The minimum absolute atomic E-state index is 0. The molecule has 0 spiro atoms. The molecule has 1 atom stereocenters. The summed E-state index contributed by atoms with van der Waals surface area (Å²) in [5.74, 6) is 0. The van der Waals surface area contributed by atoms with Crippen molar-refractivity contribution in [1.29, 1.82) is 0 Å². The standard InChI is InChI=1S/C8H10BNO2.Re/c10-5-8-6-3-1-2-4-7(6)9(11)12-8;/h1-4,8,11H,5,10H2;. The van der Waals surface area contributed by atoms with E-state index in [2.05, 4.69) is 0 Å². The van der Waals surface area contributed by atoms with Gasteiger partial charge < -0.3 is 15.4 Å². The van der Waals surface area contributed by atoms with Crippen molar-refractivity contribution in [2.24, 2.45) is 5.73 Å². The maximum absolute atomic E-state index is 9.41. The molecule has 0 fully saturated rings. The Morgan fingerprint density at radius 2 is 2.15 bits per heavy atom. The summed E-state index contributed by atoms with van der Waals surface area (Å²) in [5.41, 5.74) is 7.32. The molecular weight excluding hydrogens is 339 g/mol. The first kappa shape index (κ1) is 10.9. The third-order valence-corrected chi connectivity index (χ3v) is 2.12. The molecule has 0 saturated heterocycles. The fourth-order valence-corrected chi connectivity index (χ4v) is 1.51. The van der Waals surface area contributed by atoms with Crippen molar-refractivity contribution in [2.75, 3.05) is 6.54 Å². The molecule has 3 nitrogen and oxygen atoms in total. The van der Waals surface area contributed by atoms with Gasteiger partial charge in [0.05, 0.1) is 6.10 Å². The predicted molar refractivity (Wildman–Crippen MR) is 46.9 cm³/mol. The average Bonchev–Trinajstić information content (AvgIpc) is 2.44. The molecule has 1 aromatic carbocycles. The van der Waals surface area contributed by atoms with Crippen molar-refractivity contribution in [3.8, 4) is 0 Å². The van der Waals surface area contributed by atoms with E-state index in [1.807, 2.05) is 24.3 Å². The first-order chi connectivity index (χ1) is 5.83. The van der Waals surface area contributed by atoms with Crippen molar-refractivity contribution in [3.63, 3.8) is 0 Å². The van der Waals surface area contributed by atoms with Gasteiger partial charge in [-0.15, -0.1) is 0 Å². The fourth-order valence-electron chi connectivity index (χ4n) is 1.51. The summed E-state index contributed by atoms with van der Waals surface area (Å²) in [4.78, 5) is 0. The molecule has 1 aromatic rings. The van der Waals surface area contributed by atoms with Gasteiger partial charge in [0.25, 0.3) is 0 Å². The number of benzene rings is 1. The van der Waals surface area contributed by atoms with Gasteiger partial charge in [-0.1, -0.05) is 24.3 Å². The van der Waals surface area contributed by atoms with E-state index in [9.17, 15) is 5.02 Å². The molecule has 2 rings (SSSR count). The zero-order valence-electron chi connectivity index (χ0n) is 6.98. The van der Waals surface area contributed by atoms with Crippen LogP contribution >= 0.6 is 0 Å². The summed E-state index contributed by atoms with van der Waals surface area (Å²) in [6.45, 7) is 0.411. The first-order valence-corrected chi connectivity index (χ1v) is 3.95. The Bertz CT molecular complexity index is 297. The van der Waals surface area contributed by atoms with Gasteiger partial charge in [0.15, 0.2) is 0 Å². The summed E-state index contributed by atoms with van der Waals surface area (Å²) in [6.07, 6.45) is -0.142. The van der Waals surface area contributed by atoms with Crippen LogP contribution in [-0.2, 0) is 25.1 Å². The Balaban J connectivity index is 0.000000845. The second-order valence-corrected chi connectivity index (χ2v) is 2.84. The van der Waals surface area contributed by atoms with Gasteiger partial charge >= 0.3 is 7.12 Å². The Labute approximate surface area is 91.1 Å². The third-order valence-electron chi connectivity index (χ3n) is 2.12. The van der Waals surface area contributed by atoms with Crippen LogP contribution in [0.1, 0.15) is 11.7 Å². The Kier molecular flexibility index (Phi) is 3.66. The van der Waals surface area contributed by atoms with Gasteiger partial charge in [-0.05, 0) is 11.0 Å². The van der Waals surface area contributed by atoms with Crippen LogP contribution in [-0.4, -0.2) is 18.7 Å². The molecule has 1 radical (unpaired) electrons. The van der Waals surface area contributed by atoms with E-state index in [-0.39, 0.29) is 26.5 Å². The van der Waals surface area contributed by atoms with Crippen LogP contribution in [0, 0.1) is 0 Å². The summed E-state index contributed by atoms with van der Waals surface area (Å²) in [5, 5.41) is 9.41. The maximum Gasteiger partial charge on any atom is 0.492 e. The van der Waals surface area contributed by atoms with Gasteiger partial charge in [0.2, 0.25) is 0 Å². The number of hydrogen-bond acceptors (Lipinski definition) is 3. The molecule has 0 aromatic heterocycles. The molecule has 1 unspecified atom stereocenters. The maximum atomic E-state index is 9.41. The molecule has 1 aliphatic rings. The monoisotopic (exact) mass is 350 g/mol. The van der Waals surface area contributed by atoms with Gasteiger partial charge in [-0.25, -0.2) is 0 Å². The van der Waals surface area contributed by atoms with Crippen molar-refractivity contribution in [3.05, 3.63) is 29.8 Å². The Morgan fingerprint density at radius 1 is 1.46 bits per heavy atom. The molecule has 0 amide bonds. The number of fused-ring (bicyclic) bond motifs is 1. The van der Waals surface area contributed by atoms with Crippen LogP contribution in [0.4, 0.5) is 0 Å². The topological polar surface area (TPSA) is 55.5 Å². The van der Waals surface area contributed by atoms with Crippen molar-refractivity contribution in [1.82, 2.24) is 0 Å². The summed E-state index contributed by atoms with van der Waals surface area (Å²) in [6, 6.07) is 7.59. The van der Waals surface area contributed by atoms with Gasteiger partial charge in [-0.2, -0.15) is 0 Å². The average molecular weight is 349 g/mol. The van der Waals surface area contributed by atoms with E-state index >= 15 is 0 Å². The van der Waals surface area contributed by atoms with Gasteiger partial charge in [0, 0.05) is 27.0 Å². The zero-order chi connectivity index (χ0) is 8.55. The second-order valence-electron chi connectivity index (χ2n) is 2.84. The van der Waals surface area contributed by atoms with E-state index in [1.54, 1.807) is 0 Å². The van der Waals surface area contributed by atoms with Crippen molar-refractivity contribution in [2.45, 2.75) is 6.10 Å². The quantitative estimate of drug-likeness (QED) is 0.666. The second kappa shape index (κ2) is 4.36. The van der Waals surface area contributed by atoms with E-state index in [0.717, 1.165) is 11.0 Å². The number of rotatable bonds is 1. The molecular formula is C8H10BNO2Re. The molecule has 13 heavy (non-hydrogen) atoms. The van der Waals surface area contributed by atoms with Crippen LogP contribution in [0.25, 0.3) is 0 Å². The Morgan fingerprint density at radius 3 is 2.85 bits per heavy atom. The summed E-state index contributed by atoms with van der Waals surface area (Å²) in [7, 11) is -0.797. The van der Waals surface area contributed by atoms with Crippen LogP contribution in [0.3, 0.4) is 0 Å². The molecule has 0 saturated carbocycles. The van der Waals surface area contributed by atoms with E-state index in [1.165, 1.54) is 0 Å².